The predicted molar refractivity (Wildman–Crippen MR) is 96.8 cm³/mol. The van der Waals surface area contributed by atoms with E-state index < -0.39 is 0 Å². The molecule has 27 heavy (non-hydrogen) atoms. The molecule has 0 N–H and O–H groups in total. The molecular weight excluding hydrogens is 350 g/mol. The van der Waals surface area contributed by atoms with Crippen LogP contribution in [-0.2, 0) is 13.0 Å². The van der Waals surface area contributed by atoms with E-state index in [-0.39, 0.29) is 12.5 Å². The first kappa shape index (κ1) is 15.9. The van der Waals surface area contributed by atoms with Gasteiger partial charge in [-0.3, -0.25) is 4.57 Å². The smallest absolute Gasteiger partial charge is 0.420 e. The van der Waals surface area contributed by atoms with Crippen LogP contribution in [0.5, 0.6) is 23.0 Å². The average molecular weight is 367 g/mol. The quantitative estimate of drug-likeness (QED) is 0.708. The fraction of sp³-hybridized carbons (Fsp3) is 0.250. The molecule has 0 atom stereocenters. The Morgan fingerprint density at radius 3 is 2.56 bits per heavy atom. The zero-order valence-corrected chi connectivity index (χ0v) is 14.9. The van der Waals surface area contributed by atoms with Crippen LogP contribution in [0.25, 0.3) is 22.6 Å². The van der Waals surface area contributed by atoms with Gasteiger partial charge in [-0.2, -0.15) is 0 Å². The summed E-state index contributed by atoms with van der Waals surface area (Å²) < 4.78 is 29.0. The Bertz CT molecular complexity index is 1110. The van der Waals surface area contributed by atoms with E-state index in [9.17, 15) is 4.79 Å². The number of aryl methyl sites for hydroxylation is 1. The minimum Gasteiger partial charge on any atom is -0.493 e. The molecule has 3 heterocycles. The van der Waals surface area contributed by atoms with Crippen molar-refractivity contribution in [2.75, 3.05) is 21.0 Å². The second kappa shape index (κ2) is 5.84. The molecule has 3 aromatic rings. The molecule has 5 rings (SSSR count). The van der Waals surface area contributed by atoms with Crippen molar-refractivity contribution in [2.45, 2.75) is 13.0 Å². The van der Waals surface area contributed by atoms with Gasteiger partial charge in [0, 0.05) is 17.7 Å². The van der Waals surface area contributed by atoms with Crippen molar-refractivity contribution < 1.29 is 23.4 Å². The first-order valence-electron chi connectivity index (χ1n) is 8.58. The van der Waals surface area contributed by atoms with Crippen molar-refractivity contribution >= 4 is 0 Å². The van der Waals surface area contributed by atoms with Crippen molar-refractivity contribution in [1.82, 2.24) is 4.57 Å². The van der Waals surface area contributed by atoms with Crippen LogP contribution in [-0.4, -0.2) is 25.6 Å². The molecular formula is C20H17NO6. The number of fused-ring (bicyclic) bond motifs is 4. The minimum atomic E-state index is -0.377. The summed E-state index contributed by atoms with van der Waals surface area (Å²) in [6, 6.07) is 9.35. The highest BCUT2D eigenvalue weighted by Crippen LogP contribution is 2.44. The number of ether oxygens (including phenoxy) is 4. The van der Waals surface area contributed by atoms with Gasteiger partial charge in [0.25, 0.3) is 0 Å². The van der Waals surface area contributed by atoms with E-state index in [2.05, 4.69) is 0 Å². The third kappa shape index (κ3) is 2.31. The lowest BCUT2D eigenvalue weighted by Gasteiger charge is -2.19. The topological polar surface area (TPSA) is 72.1 Å². The number of hydrogen-bond donors (Lipinski definition) is 0. The van der Waals surface area contributed by atoms with Crippen LogP contribution in [0.1, 0.15) is 5.56 Å². The fourth-order valence-electron chi connectivity index (χ4n) is 3.69. The minimum absolute atomic E-state index is 0.207. The van der Waals surface area contributed by atoms with E-state index in [4.69, 9.17) is 23.4 Å². The van der Waals surface area contributed by atoms with Gasteiger partial charge in [-0.1, -0.05) is 0 Å². The lowest BCUT2D eigenvalue weighted by Crippen LogP contribution is -2.20. The molecule has 138 valence electrons. The van der Waals surface area contributed by atoms with Crippen LogP contribution in [0.2, 0.25) is 0 Å². The van der Waals surface area contributed by atoms with Crippen molar-refractivity contribution in [3.05, 3.63) is 46.4 Å². The van der Waals surface area contributed by atoms with Gasteiger partial charge in [0.1, 0.15) is 0 Å². The molecule has 7 nitrogen and oxygen atoms in total. The maximum absolute atomic E-state index is 12.5. The number of benzene rings is 2. The Morgan fingerprint density at radius 2 is 1.78 bits per heavy atom. The fourth-order valence-corrected chi connectivity index (χ4v) is 3.69. The van der Waals surface area contributed by atoms with E-state index in [1.807, 2.05) is 18.2 Å². The van der Waals surface area contributed by atoms with Gasteiger partial charge in [0.15, 0.2) is 28.8 Å². The highest BCUT2D eigenvalue weighted by atomic mass is 16.7. The molecule has 0 fully saturated rings. The van der Waals surface area contributed by atoms with E-state index in [0.717, 1.165) is 34.6 Å². The standard InChI is InChI=1S/C20H17NO6/c1-23-14-4-3-12(8-15(14)24-2)19-18-13-9-17-16(25-10-26-17)7-11(13)5-6-21(18)20(22)27-19/h3-4,7-9H,5-6,10H2,1-2H3. The van der Waals surface area contributed by atoms with Crippen molar-refractivity contribution in [1.29, 1.82) is 0 Å². The maximum Gasteiger partial charge on any atom is 0.420 e. The predicted octanol–water partition coefficient (Wildman–Crippen LogP) is 3.08. The van der Waals surface area contributed by atoms with Crippen molar-refractivity contribution in [3.63, 3.8) is 0 Å². The van der Waals surface area contributed by atoms with E-state index >= 15 is 0 Å². The summed E-state index contributed by atoms with van der Waals surface area (Å²) in [5, 5.41) is 0. The molecule has 2 aliphatic heterocycles. The zero-order valence-electron chi connectivity index (χ0n) is 14.9. The normalized spacial score (nSPS) is 13.9. The van der Waals surface area contributed by atoms with Gasteiger partial charge in [-0.15, -0.1) is 0 Å². The Hall–Kier alpha value is -3.35. The number of rotatable bonds is 3. The molecule has 0 saturated carbocycles. The van der Waals surface area contributed by atoms with Gasteiger partial charge in [-0.25, -0.2) is 4.79 Å². The van der Waals surface area contributed by atoms with Crippen LogP contribution in [0.4, 0.5) is 0 Å². The molecule has 7 heteroatoms. The van der Waals surface area contributed by atoms with Crippen molar-refractivity contribution in [3.8, 4) is 45.6 Å². The number of nitrogens with zero attached hydrogens (tertiary/aromatic N) is 1. The van der Waals surface area contributed by atoms with Gasteiger partial charge in [0.2, 0.25) is 6.79 Å². The summed E-state index contributed by atoms with van der Waals surface area (Å²) >= 11 is 0. The molecule has 0 saturated heterocycles. The Kier molecular flexibility index (Phi) is 3.43. The van der Waals surface area contributed by atoms with E-state index in [1.165, 1.54) is 0 Å². The summed E-state index contributed by atoms with van der Waals surface area (Å²) in [6.45, 7) is 0.760. The molecule has 0 radical (unpaired) electrons. The molecule has 1 aromatic heterocycles. The van der Waals surface area contributed by atoms with Crippen LogP contribution in [0.15, 0.2) is 39.5 Å². The van der Waals surface area contributed by atoms with Gasteiger partial charge in [0.05, 0.1) is 19.9 Å². The lowest BCUT2D eigenvalue weighted by molar-refractivity contribution is 0.174. The Balaban J connectivity index is 1.73. The average Bonchev–Trinajstić information content (AvgIpc) is 3.29. The SMILES string of the molecule is COc1ccc(-c2oc(=O)n3c2-c2cc4c(cc2CC3)OCO4)cc1OC. The van der Waals surface area contributed by atoms with E-state index in [0.29, 0.717) is 29.6 Å². The first-order chi connectivity index (χ1) is 13.2. The van der Waals surface area contributed by atoms with Gasteiger partial charge in [-0.05, 0) is 42.3 Å². The summed E-state index contributed by atoms with van der Waals surface area (Å²) in [5.41, 5.74) is 3.50. The van der Waals surface area contributed by atoms with Crippen molar-refractivity contribution in [2.24, 2.45) is 0 Å². The second-order valence-corrected chi connectivity index (χ2v) is 6.38. The first-order valence-corrected chi connectivity index (χ1v) is 8.58. The monoisotopic (exact) mass is 367 g/mol. The molecule has 0 aliphatic carbocycles. The number of hydrogen-bond acceptors (Lipinski definition) is 6. The van der Waals surface area contributed by atoms with Crippen LogP contribution < -0.4 is 24.7 Å². The molecule has 0 spiro atoms. The third-order valence-corrected chi connectivity index (χ3v) is 5.00. The maximum atomic E-state index is 12.5. The van der Waals surface area contributed by atoms with Crippen LogP contribution in [0.3, 0.4) is 0 Å². The molecule has 2 aromatic carbocycles. The molecule has 0 unspecified atom stereocenters. The Labute approximate surface area is 154 Å². The summed E-state index contributed by atoms with van der Waals surface area (Å²) in [5.74, 6) is 2.72. The Morgan fingerprint density at radius 1 is 1.00 bits per heavy atom. The second-order valence-electron chi connectivity index (χ2n) is 6.38. The summed E-state index contributed by atoms with van der Waals surface area (Å²) in [6.07, 6.45) is 0.726. The highest BCUT2D eigenvalue weighted by Gasteiger charge is 2.29. The summed E-state index contributed by atoms with van der Waals surface area (Å²) in [7, 11) is 3.15. The van der Waals surface area contributed by atoms with Gasteiger partial charge >= 0.3 is 5.76 Å². The number of methoxy groups -OCH3 is 2. The molecule has 0 amide bonds. The number of oxazole rings is 1. The summed E-state index contributed by atoms with van der Waals surface area (Å²) in [4.78, 5) is 12.5. The zero-order chi connectivity index (χ0) is 18.5. The van der Waals surface area contributed by atoms with Crippen LogP contribution in [0, 0.1) is 0 Å². The van der Waals surface area contributed by atoms with Gasteiger partial charge < -0.3 is 23.4 Å². The highest BCUT2D eigenvalue weighted by molar-refractivity contribution is 5.82. The largest absolute Gasteiger partial charge is 0.493 e. The third-order valence-electron chi connectivity index (χ3n) is 5.00. The van der Waals surface area contributed by atoms with Crippen LogP contribution >= 0.6 is 0 Å². The van der Waals surface area contributed by atoms with E-state index in [1.54, 1.807) is 30.9 Å². The molecule has 0 bridgehead atoms. The molecule has 2 aliphatic rings. The number of aromatic nitrogens is 1. The lowest BCUT2D eigenvalue weighted by atomic mass is 9.95.